The minimum Gasteiger partial charge on any atom is -0.489 e. The quantitative estimate of drug-likeness (QED) is 0.527. The van der Waals surface area contributed by atoms with Crippen LogP contribution >= 0.6 is 0 Å². The lowest BCUT2D eigenvalue weighted by atomic mass is 10.2. The first-order valence-corrected chi connectivity index (χ1v) is 9.47. The maximum Gasteiger partial charge on any atom is 0.254 e. The van der Waals surface area contributed by atoms with Crippen LogP contribution in [0.1, 0.15) is 36.0 Å². The van der Waals surface area contributed by atoms with Gasteiger partial charge in [0.1, 0.15) is 24.3 Å². The lowest BCUT2D eigenvalue weighted by molar-refractivity contribution is 0.100. The maximum absolute atomic E-state index is 11.7. The Kier molecular flexibility index (Phi) is 5.16. The molecule has 0 bridgehead atoms. The van der Waals surface area contributed by atoms with Crippen LogP contribution in [-0.2, 0) is 0 Å². The maximum atomic E-state index is 11.7. The minimum atomic E-state index is -0.558. The fourth-order valence-corrected chi connectivity index (χ4v) is 3.47. The van der Waals surface area contributed by atoms with Crippen LogP contribution in [0.4, 0.5) is 23.1 Å². The molecule has 148 valence electrons. The van der Waals surface area contributed by atoms with Gasteiger partial charge in [0.15, 0.2) is 0 Å². The van der Waals surface area contributed by atoms with Crippen LogP contribution in [-0.4, -0.2) is 46.3 Å². The molecule has 1 aromatic carbocycles. The molecule has 2 aromatic rings. The number of primary amides is 1. The number of aliphatic hydroxyl groups is 1. The Morgan fingerprint density at radius 1 is 1.32 bits per heavy atom. The highest BCUT2D eigenvalue weighted by atomic mass is 16.5. The number of amides is 1. The van der Waals surface area contributed by atoms with Crippen molar-refractivity contribution >= 4 is 29.0 Å². The summed E-state index contributed by atoms with van der Waals surface area (Å²) in [5.41, 5.74) is 7.28. The number of carbonyl (C=O) groups excluding carboxylic acids is 1. The number of rotatable bonds is 5. The average molecular weight is 384 g/mol. The molecule has 4 rings (SSSR count). The van der Waals surface area contributed by atoms with Gasteiger partial charge in [0.2, 0.25) is 5.95 Å². The third kappa shape index (κ3) is 4.09. The molecule has 1 aromatic heterocycles. The largest absolute Gasteiger partial charge is 0.489 e. The molecule has 28 heavy (non-hydrogen) atoms. The molecule has 1 amide bonds. The first-order chi connectivity index (χ1) is 13.6. The standard InChI is InChI=1S/C19H24N6O3/c20-17(27)14-9-22-19(25-18(14)23-11-3-1-2-4-11)24-12-5-6-16-15(7-12)21-8-13(26)10-28-16/h5-7,9,11,13,21,26H,1-4,8,10H2,(H2,20,27)(H2,22,23,24,25). The van der Waals surface area contributed by atoms with Crippen molar-refractivity contribution in [2.45, 2.75) is 37.8 Å². The van der Waals surface area contributed by atoms with Gasteiger partial charge in [0, 0.05) is 24.5 Å². The molecular formula is C19H24N6O3. The number of ether oxygens (including phenoxy) is 1. The van der Waals surface area contributed by atoms with Gasteiger partial charge < -0.3 is 31.5 Å². The summed E-state index contributed by atoms with van der Waals surface area (Å²) in [6.45, 7) is 0.663. The molecule has 9 heteroatoms. The molecule has 1 aliphatic carbocycles. The zero-order valence-corrected chi connectivity index (χ0v) is 15.4. The Labute approximate surface area is 162 Å². The predicted octanol–water partition coefficient (Wildman–Crippen LogP) is 1.84. The topological polar surface area (TPSA) is 134 Å². The number of β-amino-alcohol motifs (C(OH)–C–C–N with tert-alkyl or cyclic N) is 1. The Morgan fingerprint density at radius 3 is 2.93 bits per heavy atom. The lowest BCUT2D eigenvalue weighted by Crippen LogP contribution is -2.23. The molecule has 1 fully saturated rings. The van der Waals surface area contributed by atoms with Crippen molar-refractivity contribution in [2.24, 2.45) is 5.73 Å². The average Bonchev–Trinajstić information content (AvgIpc) is 3.11. The van der Waals surface area contributed by atoms with Crippen LogP contribution in [0.25, 0.3) is 0 Å². The van der Waals surface area contributed by atoms with Crippen molar-refractivity contribution in [3.05, 3.63) is 30.0 Å². The van der Waals surface area contributed by atoms with E-state index in [2.05, 4.69) is 25.9 Å². The zero-order valence-electron chi connectivity index (χ0n) is 15.4. The van der Waals surface area contributed by atoms with E-state index in [4.69, 9.17) is 10.5 Å². The van der Waals surface area contributed by atoms with Crippen molar-refractivity contribution in [1.82, 2.24) is 9.97 Å². The van der Waals surface area contributed by atoms with E-state index in [1.54, 1.807) is 0 Å². The Morgan fingerprint density at radius 2 is 2.14 bits per heavy atom. The van der Waals surface area contributed by atoms with Gasteiger partial charge in [-0.1, -0.05) is 12.8 Å². The third-order valence-electron chi connectivity index (χ3n) is 4.95. The van der Waals surface area contributed by atoms with E-state index in [1.807, 2.05) is 18.2 Å². The summed E-state index contributed by atoms with van der Waals surface area (Å²) in [5.74, 6) is 0.934. The summed E-state index contributed by atoms with van der Waals surface area (Å²) in [4.78, 5) is 20.4. The second-order valence-corrected chi connectivity index (χ2v) is 7.13. The first kappa shape index (κ1) is 18.3. The number of carbonyl (C=O) groups is 1. The van der Waals surface area contributed by atoms with Gasteiger partial charge in [0.05, 0.1) is 11.3 Å². The van der Waals surface area contributed by atoms with Gasteiger partial charge in [-0.15, -0.1) is 0 Å². The summed E-state index contributed by atoms with van der Waals surface area (Å²) in [6.07, 6.45) is 5.31. The van der Waals surface area contributed by atoms with E-state index in [-0.39, 0.29) is 12.2 Å². The van der Waals surface area contributed by atoms with E-state index in [9.17, 15) is 9.90 Å². The van der Waals surface area contributed by atoms with E-state index < -0.39 is 12.0 Å². The van der Waals surface area contributed by atoms with Gasteiger partial charge in [-0.3, -0.25) is 4.79 Å². The number of aromatic nitrogens is 2. The Hall–Kier alpha value is -3.07. The van der Waals surface area contributed by atoms with Gasteiger partial charge >= 0.3 is 0 Å². The highest BCUT2D eigenvalue weighted by Crippen LogP contribution is 2.31. The SMILES string of the molecule is NC(=O)c1cnc(Nc2ccc3c(c2)NCC(O)CO3)nc1NC1CCCC1. The first-order valence-electron chi connectivity index (χ1n) is 9.47. The van der Waals surface area contributed by atoms with E-state index >= 15 is 0 Å². The van der Waals surface area contributed by atoms with E-state index in [1.165, 1.54) is 19.0 Å². The van der Waals surface area contributed by atoms with Gasteiger partial charge in [-0.25, -0.2) is 4.98 Å². The number of hydrogen-bond acceptors (Lipinski definition) is 8. The number of anilines is 4. The number of nitrogens with zero attached hydrogens (tertiary/aromatic N) is 2. The highest BCUT2D eigenvalue weighted by Gasteiger charge is 2.20. The second kappa shape index (κ2) is 7.89. The Balaban J connectivity index is 1.55. The molecule has 0 saturated heterocycles. The van der Waals surface area contributed by atoms with Crippen LogP contribution in [0.15, 0.2) is 24.4 Å². The number of nitrogens with one attached hydrogen (secondary N) is 3. The molecule has 9 nitrogen and oxygen atoms in total. The normalized spacial score (nSPS) is 19.1. The zero-order chi connectivity index (χ0) is 19.5. The molecule has 6 N–H and O–H groups in total. The summed E-state index contributed by atoms with van der Waals surface area (Å²) in [6, 6.07) is 5.82. The van der Waals surface area contributed by atoms with Crippen LogP contribution in [0.2, 0.25) is 0 Å². The smallest absolute Gasteiger partial charge is 0.254 e. The van der Waals surface area contributed by atoms with Gasteiger partial charge in [-0.2, -0.15) is 4.98 Å². The summed E-state index contributed by atoms with van der Waals surface area (Å²) in [5, 5.41) is 19.3. The van der Waals surface area contributed by atoms with Gasteiger partial charge in [-0.05, 0) is 31.0 Å². The molecule has 2 heterocycles. The van der Waals surface area contributed by atoms with Crippen molar-refractivity contribution < 1.29 is 14.6 Å². The van der Waals surface area contributed by atoms with Crippen LogP contribution in [0, 0.1) is 0 Å². The lowest BCUT2D eigenvalue weighted by Gasteiger charge is -2.16. The number of hydrogen-bond donors (Lipinski definition) is 5. The van der Waals surface area contributed by atoms with E-state index in [0.717, 1.165) is 24.2 Å². The minimum absolute atomic E-state index is 0.251. The van der Waals surface area contributed by atoms with Crippen LogP contribution in [0.3, 0.4) is 0 Å². The number of aliphatic hydroxyl groups excluding tert-OH is 1. The van der Waals surface area contributed by atoms with Gasteiger partial charge in [0.25, 0.3) is 5.91 Å². The van der Waals surface area contributed by atoms with Crippen molar-refractivity contribution in [3.63, 3.8) is 0 Å². The molecule has 0 radical (unpaired) electrons. The third-order valence-corrected chi connectivity index (χ3v) is 4.95. The van der Waals surface area contributed by atoms with Crippen LogP contribution in [0.5, 0.6) is 5.75 Å². The van der Waals surface area contributed by atoms with Crippen molar-refractivity contribution in [3.8, 4) is 5.75 Å². The molecular weight excluding hydrogens is 360 g/mol. The summed E-state index contributed by atoms with van der Waals surface area (Å²) in [7, 11) is 0. The fourth-order valence-electron chi connectivity index (χ4n) is 3.47. The Bertz CT molecular complexity index is 869. The predicted molar refractivity (Wildman–Crippen MR) is 106 cm³/mol. The van der Waals surface area contributed by atoms with Crippen molar-refractivity contribution in [1.29, 1.82) is 0 Å². The van der Waals surface area contributed by atoms with Crippen LogP contribution < -0.4 is 26.4 Å². The molecule has 1 unspecified atom stereocenters. The molecule has 1 atom stereocenters. The number of nitrogens with two attached hydrogens (primary N) is 1. The number of benzene rings is 1. The van der Waals surface area contributed by atoms with Crippen molar-refractivity contribution in [2.75, 3.05) is 29.1 Å². The molecule has 1 saturated carbocycles. The fraction of sp³-hybridized carbons (Fsp3) is 0.421. The second-order valence-electron chi connectivity index (χ2n) is 7.13. The molecule has 2 aliphatic rings. The number of fused-ring (bicyclic) bond motifs is 1. The highest BCUT2D eigenvalue weighted by molar-refractivity contribution is 5.97. The molecule has 0 spiro atoms. The molecule has 1 aliphatic heterocycles. The van der Waals surface area contributed by atoms with E-state index in [0.29, 0.717) is 30.1 Å². The monoisotopic (exact) mass is 384 g/mol. The summed E-state index contributed by atoms with van der Waals surface area (Å²) < 4.78 is 5.57. The summed E-state index contributed by atoms with van der Waals surface area (Å²) >= 11 is 0.